The summed E-state index contributed by atoms with van der Waals surface area (Å²) in [5.74, 6) is 5.45. The Kier molecular flexibility index (Phi) is 28.5. The molecule has 16 N–H and O–H groups in total. The SMILES string of the molecule is C=CN(CC)Cc1nc2c([nH]1)c(N)nc1cc(-c3ccn[nH]3)ccc12.CCN(C)Cc1nc2c([nH]1)c(N)nc1cc(-c3ccn[nH]3)ccc12.CCN(Cc1nc2c(N)nc3cc(Br)ccc3c2n1CCCC(=O)OC)C(C)=O.CCN(Cc1nc2c(N)nc3cc(Cl)ccc3c2n1CCCC(=O)OC)C(C)=O.CN(C)Cc1nc2c([nH]1)c(N)nc1cc(-c3ccn[nH]3)ccc12. The number of amides is 2. The normalized spacial score (nSPS) is 11.4. The van der Waals surface area contributed by atoms with Gasteiger partial charge in [0.25, 0.3) is 0 Å². The molecular weight excluding hydrogens is 1740 g/mol. The summed E-state index contributed by atoms with van der Waals surface area (Å²) in [6, 6.07) is 35.2. The number of rotatable bonds is 26. The summed E-state index contributed by atoms with van der Waals surface area (Å²) >= 11 is 9.60. The summed E-state index contributed by atoms with van der Waals surface area (Å²) in [6.07, 6.45) is 8.72. The maximum Gasteiger partial charge on any atom is 0.305 e. The first-order valence-electron chi connectivity index (χ1n) is 42.2. The molecule has 0 unspecified atom stereocenters. The number of aromatic amines is 6. The van der Waals surface area contributed by atoms with Crippen molar-refractivity contribution in [3.63, 3.8) is 0 Å². The largest absolute Gasteiger partial charge is 0.469 e. The molecule has 13 heterocycles. The molecule has 0 aliphatic rings. The number of hydrogen-bond acceptors (Lipinski definition) is 27. The number of nitrogen functional groups attached to an aromatic ring is 5. The maximum atomic E-state index is 12.0. The molecule has 5 aromatic carbocycles. The number of pyridine rings is 5. The summed E-state index contributed by atoms with van der Waals surface area (Å²) in [5.41, 5.74) is 48.4. The van der Waals surface area contributed by atoms with E-state index >= 15 is 0 Å². The van der Waals surface area contributed by atoms with Gasteiger partial charge in [-0.1, -0.05) is 59.2 Å². The first-order chi connectivity index (χ1) is 62.7. The second-order valence-corrected chi connectivity index (χ2v) is 32.5. The predicted octanol–water partition coefficient (Wildman–Crippen LogP) is 14.1. The number of hydrogen-bond donors (Lipinski definition) is 11. The van der Waals surface area contributed by atoms with Crippen LogP contribution in [0.15, 0.2) is 145 Å². The van der Waals surface area contributed by atoms with Crippen molar-refractivity contribution in [2.24, 2.45) is 0 Å². The molecule has 2 amide bonds. The monoisotopic (exact) mass is 1840 g/mol. The van der Waals surface area contributed by atoms with Crippen molar-refractivity contribution >= 4 is 190 Å². The lowest BCUT2D eigenvalue weighted by Crippen LogP contribution is -2.29. The number of nitrogens with zero attached hydrogens (tertiary/aromatic N) is 20. The smallest absolute Gasteiger partial charge is 0.305 e. The van der Waals surface area contributed by atoms with Gasteiger partial charge in [-0.2, -0.15) is 15.3 Å². The summed E-state index contributed by atoms with van der Waals surface area (Å²) in [7, 11) is 8.82. The zero-order valence-corrected chi connectivity index (χ0v) is 76.4. The van der Waals surface area contributed by atoms with Crippen LogP contribution in [0.3, 0.4) is 0 Å². The lowest BCUT2D eigenvalue weighted by Gasteiger charge is -2.19. The molecule has 130 heavy (non-hydrogen) atoms. The second-order valence-electron chi connectivity index (χ2n) is 31.1. The van der Waals surface area contributed by atoms with Crippen LogP contribution in [0.25, 0.3) is 143 Å². The van der Waals surface area contributed by atoms with Gasteiger partial charge in [0, 0.05) is 131 Å². The summed E-state index contributed by atoms with van der Waals surface area (Å²) in [6.45, 7) is 21.8. The highest BCUT2D eigenvalue weighted by Crippen LogP contribution is 2.37. The number of imidazole rings is 5. The van der Waals surface area contributed by atoms with Crippen molar-refractivity contribution in [1.82, 2.24) is 129 Å². The van der Waals surface area contributed by atoms with E-state index in [2.05, 4.69) is 129 Å². The van der Waals surface area contributed by atoms with E-state index in [1.807, 2.05) is 140 Å². The molecule has 0 aliphatic carbocycles. The van der Waals surface area contributed by atoms with Crippen molar-refractivity contribution in [2.75, 3.05) is 90.2 Å². The van der Waals surface area contributed by atoms with E-state index in [9.17, 15) is 19.2 Å². The van der Waals surface area contributed by atoms with Crippen molar-refractivity contribution < 1.29 is 28.7 Å². The molecule has 18 aromatic rings. The fraction of sp³-hybridized carbons (Fsp3) is 0.286. The van der Waals surface area contributed by atoms with Crippen molar-refractivity contribution in [2.45, 2.75) is 113 Å². The highest BCUT2D eigenvalue weighted by Gasteiger charge is 2.25. The molecule has 13 aromatic heterocycles. The highest BCUT2D eigenvalue weighted by atomic mass is 79.9. The zero-order valence-electron chi connectivity index (χ0n) is 74.1. The van der Waals surface area contributed by atoms with E-state index in [1.54, 1.807) is 40.5 Å². The van der Waals surface area contributed by atoms with Gasteiger partial charge in [0.2, 0.25) is 11.8 Å². The number of benzene rings is 5. The fourth-order valence-electron chi connectivity index (χ4n) is 15.4. The number of anilines is 5. The minimum absolute atomic E-state index is 0.0273. The minimum Gasteiger partial charge on any atom is -0.469 e. The Hall–Kier alpha value is -14.8. The molecule has 39 heteroatoms. The van der Waals surface area contributed by atoms with Crippen LogP contribution in [0, 0.1) is 0 Å². The molecular formula is C91H103BrClN31O6. The molecule has 672 valence electrons. The van der Waals surface area contributed by atoms with E-state index in [0.29, 0.717) is 127 Å². The first-order valence-corrected chi connectivity index (χ1v) is 43.4. The second kappa shape index (κ2) is 40.5. The molecule has 0 spiro atoms. The third kappa shape index (κ3) is 20.3. The number of carbonyl (C=O) groups is 4. The number of aromatic nitrogens is 21. The van der Waals surface area contributed by atoms with Gasteiger partial charge in [0.05, 0.1) is 103 Å². The maximum absolute atomic E-state index is 12.0. The molecule has 37 nitrogen and oxygen atoms in total. The van der Waals surface area contributed by atoms with Crippen LogP contribution in [0.2, 0.25) is 5.02 Å². The van der Waals surface area contributed by atoms with Crippen LogP contribution in [-0.4, -0.2) is 214 Å². The molecule has 18 rings (SSSR count). The minimum atomic E-state index is -0.271. The Morgan fingerprint density at radius 2 is 0.823 bits per heavy atom. The average Bonchev–Trinajstić information content (AvgIpc) is 1.61. The van der Waals surface area contributed by atoms with Gasteiger partial charge in [0.15, 0.2) is 11.6 Å². The number of esters is 2. The van der Waals surface area contributed by atoms with Gasteiger partial charge in [0.1, 0.15) is 90.7 Å². The van der Waals surface area contributed by atoms with Gasteiger partial charge in [-0.25, -0.2) is 49.8 Å². The Bertz CT molecular complexity index is 6990. The van der Waals surface area contributed by atoms with Crippen LogP contribution in [0.4, 0.5) is 29.1 Å². The number of halogens is 2. The van der Waals surface area contributed by atoms with Crippen LogP contribution in [0.1, 0.15) is 96.3 Å². The standard InChI is InChI=1S/C20H24BrN5O3.C20H24ClN5O3.C18H19N7.C17H19N7.C16H17N7/c2*1-4-25(12(2)27)11-16-24-18-19(26(16)9-5-6-17(28)29-3)14-8-7-13(21)10-15(14)23-20(18)22;1-3-25(4-2)10-15-22-16-12-6-5-11(13-7-8-20-24-13)9-14(12)21-18(19)17(16)23-15;1-3-24(2)9-14-21-15-11-5-4-10(12-6-7-19-23-12)8-13(11)20-17(18)16(15)22-14;1-23(2)8-13-20-14-10-4-3-9(11-5-6-18-22-11)7-12(10)19-16(17)15(14)21-13/h2*7-8,10H,4-6,9,11H2,1-3H3,(H2,22,23);3,5-9H,1,4,10H2,2H3,(H2,19,21)(H,20,24)(H,22,23);4-8H,3,9H2,1-2H3,(H2,18,20)(H,19,23)(H,21,22);3-7H,8H2,1-2H3,(H2,17,19)(H,18,22)(H,20,21). The number of methoxy groups -OCH3 is 2. The van der Waals surface area contributed by atoms with Gasteiger partial charge < -0.3 is 81.8 Å². The first kappa shape index (κ1) is 91.5. The average molecular weight is 1840 g/mol. The summed E-state index contributed by atoms with van der Waals surface area (Å²) < 4.78 is 14.4. The third-order valence-electron chi connectivity index (χ3n) is 22.2. The van der Waals surface area contributed by atoms with E-state index in [4.69, 9.17) is 74.7 Å². The molecule has 0 atom stereocenters. The summed E-state index contributed by atoms with van der Waals surface area (Å²) in [4.78, 5) is 113. The van der Waals surface area contributed by atoms with Gasteiger partial charge >= 0.3 is 11.9 Å². The van der Waals surface area contributed by atoms with E-state index in [0.717, 1.165) is 175 Å². The Morgan fingerprint density at radius 3 is 1.18 bits per heavy atom. The Labute approximate surface area is 759 Å². The lowest BCUT2D eigenvalue weighted by atomic mass is 10.1. The van der Waals surface area contributed by atoms with Crippen molar-refractivity contribution in [3.05, 3.63) is 179 Å². The number of nitrogens with two attached hydrogens (primary N) is 5. The van der Waals surface area contributed by atoms with Crippen LogP contribution in [0.5, 0.6) is 0 Å². The highest BCUT2D eigenvalue weighted by molar-refractivity contribution is 9.10. The number of H-pyrrole nitrogens is 6. The topological polar surface area (TPSA) is 505 Å². The molecule has 0 saturated heterocycles. The number of fused-ring (bicyclic) bond motifs is 15. The fourth-order valence-corrected chi connectivity index (χ4v) is 15.9. The van der Waals surface area contributed by atoms with Crippen LogP contribution >= 0.6 is 27.5 Å². The molecule has 0 aliphatic heterocycles. The van der Waals surface area contributed by atoms with E-state index < -0.39 is 0 Å². The molecule has 0 saturated carbocycles. The van der Waals surface area contributed by atoms with Crippen LogP contribution in [-0.2, 0) is 74.5 Å². The van der Waals surface area contributed by atoms with Gasteiger partial charge in [-0.15, -0.1) is 0 Å². The van der Waals surface area contributed by atoms with Gasteiger partial charge in [-0.05, 0) is 158 Å². The molecule has 0 bridgehead atoms. The summed E-state index contributed by atoms with van der Waals surface area (Å²) in [5, 5.41) is 26.1. The quantitative estimate of drug-likeness (QED) is 0.0224. The van der Waals surface area contributed by atoms with Gasteiger partial charge in [-0.3, -0.25) is 39.4 Å². The number of ether oxygens (including phenoxy) is 2. The van der Waals surface area contributed by atoms with Crippen molar-refractivity contribution in [1.29, 1.82) is 0 Å². The van der Waals surface area contributed by atoms with E-state index in [-0.39, 0.29) is 30.2 Å². The number of nitrogens with one attached hydrogen (secondary N) is 6. The Morgan fingerprint density at radius 1 is 0.446 bits per heavy atom. The predicted molar refractivity (Wildman–Crippen MR) is 513 cm³/mol. The van der Waals surface area contributed by atoms with Crippen molar-refractivity contribution in [3.8, 4) is 33.8 Å². The van der Waals surface area contributed by atoms with Crippen LogP contribution < -0.4 is 28.7 Å². The Balaban J connectivity index is 0.000000131. The lowest BCUT2D eigenvalue weighted by molar-refractivity contribution is -0.141. The number of aryl methyl sites for hydroxylation is 2. The molecule has 0 radical (unpaired) electrons. The van der Waals surface area contributed by atoms with E-state index in [1.165, 1.54) is 28.1 Å². The third-order valence-corrected chi connectivity index (χ3v) is 22.9. The zero-order chi connectivity index (χ0) is 92.3. The molecule has 0 fully saturated rings. The number of carbonyl (C=O) groups excluding carboxylic acids is 4.